The minimum Gasteiger partial charge on any atom is -0.381 e. The molecule has 0 saturated carbocycles. The Labute approximate surface area is 86.9 Å². The summed E-state index contributed by atoms with van der Waals surface area (Å²) in [5.41, 5.74) is -1.23. The van der Waals surface area contributed by atoms with Crippen molar-refractivity contribution in [3.8, 4) is 0 Å². The molecular weight excluding hydrogens is 178 g/mol. The highest BCUT2D eigenvalue weighted by Crippen LogP contribution is 2.24. The molecule has 0 rings (SSSR count). The van der Waals surface area contributed by atoms with E-state index in [0.717, 1.165) is 0 Å². The van der Waals surface area contributed by atoms with E-state index in [1.165, 1.54) is 13.8 Å². The molecule has 3 heteroatoms. The smallest absolute Gasteiger partial charge is 0.251 e. The van der Waals surface area contributed by atoms with E-state index in [9.17, 15) is 9.90 Å². The fraction of sp³-hybridized carbons (Fsp3) is 0.909. The van der Waals surface area contributed by atoms with Crippen LogP contribution in [-0.2, 0) is 4.79 Å². The Morgan fingerprint density at radius 1 is 1.29 bits per heavy atom. The lowest BCUT2D eigenvalue weighted by atomic mass is 9.81. The summed E-state index contributed by atoms with van der Waals surface area (Å²) in [5.74, 6) is 0.177. The Morgan fingerprint density at radius 2 is 1.71 bits per heavy atom. The fourth-order valence-corrected chi connectivity index (χ4v) is 0.729. The van der Waals surface area contributed by atoms with Gasteiger partial charge in [0.25, 0.3) is 5.91 Å². The van der Waals surface area contributed by atoms with Gasteiger partial charge in [0.15, 0.2) is 0 Å². The molecule has 1 amide bonds. The average molecular weight is 201 g/mol. The normalized spacial score (nSPS) is 13.1. The number of amides is 1. The topological polar surface area (TPSA) is 49.3 Å². The fourth-order valence-electron chi connectivity index (χ4n) is 0.729. The van der Waals surface area contributed by atoms with Gasteiger partial charge < -0.3 is 10.4 Å². The van der Waals surface area contributed by atoms with Gasteiger partial charge in [-0.3, -0.25) is 4.79 Å². The van der Waals surface area contributed by atoms with E-state index < -0.39 is 5.60 Å². The van der Waals surface area contributed by atoms with Crippen LogP contribution in [0.4, 0.5) is 0 Å². The molecule has 0 bridgehead atoms. The van der Waals surface area contributed by atoms with Crippen molar-refractivity contribution in [2.24, 2.45) is 11.3 Å². The first kappa shape index (κ1) is 13.4. The van der Waals surface area contributed by atoms with E-state index in [1.54, 1.807) is 0 Å². The number of aliphatic hydroxyl groups is 1. The predicted octanol–water partition coefficient (Wildman–Crippen LogP) is 1.56. The minimum absolute atomic E-state index is 0.0565. The highest BCUT2D eigenvalue weighted by Gasteiger charge is 2.27. The van der Waals surface area contributed by atoms with Crippen LogP contribution in [0.15, 0.2) is 0 Å². The maximum atomic E-state index is 11.4. The second-order valence-corrected chi connectivity index (χ2v) is 5.38. The summed E-state index contributed by atoms with van der Waals surface area (Å²) in [7, 11) is 0. The van der Waals surface area contributed by atoms with Crippen LogP contribution in [0.2, 0.25) is 0 Å². The first-order valence-corrected chi connectivity index (χ1v) is 5.08. The maximum Gasteiger partial charge on any atom is 0.251 e. The summed E-state index contributed by atoms with van der Waals surface area (Å²) in [5, 5.41) is 12.2. The van der Waals surface area contributed by atoms with E-state index in [0.29, 0.717) is 12.5 Å². The third kappa shape index (κ3) is 4.09. The number of carbonyl (C=O) groups is 1. The zero-order valence-electron chi connectivity index (χ0n) is 10.1. The summed E-state index contributed by atoms with van der Waals surface area (Å²) in [6.07, 6.45) is 0. The molecule has 0 aliphatic heterocycles. The lowest BCUT2D eigenvalue weighted by molar-refractivity contribution is -0.137. The number of nitrogens with one attached hydrogen (secondary N) is 1. The van der Waals surface area contributed by atoms with Crippen LogP contribution in [-0.4, -0.2) is 23.2 Å². The van der Waals surface area contributed by atoms with Gasteiger partial charge in [0.05, 0.1) is 0 Å². The van der Waals surface area contributed by atoms with Crippen LogP contribution in [0, 0.1) is 11.3 Å². The average Bonchev–Trinajstić information content (AvgIpc) is 1.98. The molecule has 0 spiro atoms. The summed E-state index contributed by atoms with van der Waals surface area (Å²) in [6.45, 7) is 12.0. The van der Waals surface area contributed by atoms with Crippen molar-refractivity contribution in [3.05, 3.63) is 0 Å². The van der Waals surface area contributed by atoms with Crippen LogP contribution in [0.25, 0.3) is 0 Å². The quantitative estimate of drug-likeness (QED) is 0.725. The second kappa shape index (κ2) is 4.30. The van der Waals surface area contributed by atoms with Gasteiger partial charge in [-0.1, -0.05) is 27.7 Å². The highest BCUT2D eigenvalue weighted by molar-refractivity contribution is 5.83. The molecule has 0 saturated heterocycles. The molecule has 0 fully saturated rings. The standard InChI is InChI=1S/C11H23NO2/c1-8(2)10(3,4)7-12-9(13)11(5,6)14/h8,14H,7H2,1-6H3,(H,12,13). The summed E-state index contributed by atoms with van der Waals surface area (Å²) in [4.78, 5) is 11.4. The zero-order chi connectivity index (χ0) is 11.6. The largest absolute Gasteiger partial charge is 0.381 e. The van der Waals surface area contributed by atoms with Gasteiger partial charge in [0, 0.05) is 6.54 Å². The van der Waals surface area contributed by atoms with Gasteiger partial charge in [0.1, 0.15) is 5.60 Å². The molecule has 0 aromatic rings. The first-order valence-electron chi connectivity index (χ1n) is 5.08. The SMILES string of the molecule is CC(C)C(C)(C)CNC(=O)C(C)(C)O. The van der Waals surface area contributed by atoms with Crippen molar-refractivity contribution in [1.29, 1.82) is 0 Å². The van der Waals surface area contributed by atoms with Crippen molar-refractivity contribution in [2.75, 3.05) is 6.54 Å². The van der Waals surface area contributed by atoms with Crippen LogP contribution in [0.1, 0.15) is 41.5 Å². The van der Waals surface area contributed by atoms with E-state index >= 15 is 0 Å². The third-order valence-corrected chi connectivity index (χ3v) is 2.82. The maximum absolute atomic E-state index is 11.4. The monoisotopic (exact) mass is 201 g/mol. The number of hydrogen-bond donors (Lipinski definition) is 2. The lowest BCUT2D eigenvalue weighted by Crippen LogP contribution is -2.46. The van der Waals surface area contributed by atoms with Gasteiger partial charge in [-0.05, 0) is 25.2 Å². The molecule has 0 atom stereocenters. The van der Waals surface area contributed by atoms with E-state index in [2.05, 4.69) is 33.0 Å². The number of carbonyl (C=O) groups excluding carboxylic acids is 1. The van der Waals surface area contributed by atoms with Crippen LogP contribution in [0.3, 0.4) is 0 Å². The summed E-state index contributed by atoms with van der Waals surface area (Å²) in [6, 6.07) is 0. The summed E-state index contributed by atoms with van der Waals surface area (Å²) < 4.78 is 0. The molecule has 0 aromatic carbocycles. The van der Waals surface area contributed by atoms with Crippen LogP contribution in [0.5, 0.6) is 0 Å². The van der Waals surface area contributed by atoms with Gasteiger partial charge in [0.2, 0.25) is 0 Å². The Kier molecular flexibility index (Phi) is 4.13. The van der Waals surface area contributed by atoms with Gasteiger partial charge in [-0.2, -0.15) is 0 Å². The van der Waals surface area contributed by atoms with E-state index in [-0.39, 0.29) is 11.3 Å². The molecule has 0 unspecified atom stereocenters. The Hall–Kier alpha value is -0.570. The van der Waals surface area contributed by atoms with E-state index in [4.69, 9.17) is 0 Å². The highest BCUT2D eigenvalue weighted by atomic mass is 16.3. The molecule has 3 nitrogen and oxygen atoms in total. The number of hydrogen-bond acceptors (Lipinski definition) is 2. The summed E-state index contributed by atoms with van der Waals surface area (Å²) >= 11 is 0. The Morgan fingerprint density at radius 3 is 2.00 bits per heavy atom. The van der Waals surface area contributed by atoms with E-state index in [1.807, 2.05) is 0 Å². The molecule has 0 aliphatic carbocycles. The lowest BCUT2D eigenvalue weighted by Gasteiger charge is -2.30. The molecular formula is C11H23NO2. The van der Waals surface area contributed by atoms with Crippen LogP contribution >= 0.6 is 0 Å². The molecule has 84 valence electrons. The Bertz CT molecular complexity index is 202. The molecule has 0 heterocycles. The van der Waals surface area contributed by atoms with Crippen molar-refractivity contribution in [1.82, 2.24) is 5.32 Å². The van der Waals surface area contributed by atoms with Crippen molar-refractivity contribution in [2.45, 2.75) is 47.1 Å². The minimum atomic E-state index is -1.28. The van der Waals surface area contributed by atoms with Gasteiger partial charge in [-0.15, -0.1) is 0 Å². The molecule has 2 N–H and O–H groups in total. The predicted molar refractivity (Wildman–Crippen MR) is 57.9 cm³/mol. The van der Waals surface area contributed by atoms with Crippen molar-refractivity contribution in [3.63, 3.8) is 0 Å². The second-order valence-electron chi connectivity index (χ2n) is 5.38. The molecule has 0 aliphatic rings. The molecule has 14 heavy (non-hydrogen) atoms. The zero-order valence-corrected chi connectivity index (χ0v) is 10.1. The van der Waals surface area contributed by atoms with Gasteiger partial charge >= 0.3 is 0 Å². The third-order valence-electron chi connectivity index (χ3n) is 2.82. The van der Waals surface area contributed by atoms with Crippen LogP contribution < -0.4 is 5.32 Å². The number of rotatable bonds is 4. The van der Waals surface area contributed by atoms with Crippen molar-refractivity contribution >= 4 is 5.91 Å². The van der Waals surface area contributed by atoms with Gasteiger partial charge in [-0.25, -0.2) is 0 Å². The molecule has 0 radical (unpaired) electrons. The van der Waals surface area contributed by atoms with Crippen molar-refractivity contribution < 1.29 is 9.90 Å². The Balaban J connectivity index is 4.14. The molecule has 0 aromatic heterocycles. The first-order chi connectivity index (χ1) is 6.07.